The summed E-state index contributed by atoms with van der Waals surface area (Å²) in [7, 11) is 1.67. The lowest BCUT2D eigenvalue weighted by molar-refractivity contribution is 0.116. The Morgan fingerprint density at radius 1 is 1.37 bits per heavy atom. The van der Waals surface area contributed by atoms with E-state index in [0.29, 0.717) is 0 Å². The van der Waals surface area contributed by atoms with Crippen LogP contribution in [0.25, 0.3) is 10.2 Å². The summed E-state index contributed by atoms with van der Waals surface area (Å²) in [4.78, 5) is 4.56. The van der Waals surface area contributed by atoms with Crippen LogP contribution in [0.4, 0.5) is 5.13 Å². The van der Waals surface area contributed by atoms with Gasteiger partial charge in [-0.3, -0.25) is 0 Å². The molecule has 1 aliphatic carbocycles. The third-order valence-electron chi connectivity index (χ3n) is 3.63. The van der Waals surface area contributed by atoms with Crippen LogP contribution in [-0.4, -0.2) is 29.3 Å². The van der Waals surface area contributed by atoms with E-state index < -0.39 is 0 Å². The Balaban J connectivity index is 1.81. The number of anilines is 1. The molecule has 0 bridgehead atoms. The van der Waals surface area contributed by atoms with Crippen LogP contribution in [0.15, 0.2) is 18.2 Å². The van der Waals surface area contributed by atoms with Gasteiger partial charge in [0, 0.05) is 0 Å². The van der Waals surface area contributed by atoms with Crippen LogP contribution in [0.3, 0.4) is 0 Å². The Morgan fingerprint density at radius 2 is 2.21 bits per heavy atom. The number of hydrogen-bond acceptors (Lipinski definition) is 5. The average molecular weight is 278 g/mol. The first-order valence-corrected chi connectivity index (χ1v) is 7.47. The van der Waals surface area contributed by atoms with Gasteiger partial charge >= 0.3 is 0 Å². The van der Waals surface area contributed by atoms with E-state index in [1.54, 1.807) is 18.4 Å². The van der Waals surface area contributed by atoms with E-state index in [4.69, 9.17) is 4.74 Å². The molecule has 0 saturated heterocycles. The number of benzene rings is 1. The lowest BCUT2D eigenvalue weighted by Crippen LogP contribution is -2.36. The predicted octanol–water partition coefficient (Wildman–Crippen LogP) is 3.02. The van der Waals surface area contributed by atoms with E-state index >= 15 is 0 Å². The van der Waals surface area contributed by atoms with Crippen molar-refractivity contribution in [1.29, 1.82) is 0 Å². The van der Waals surface area contributed by atoms with Gasteiger partial charge in [-0.1, -0.05) is 24.2 Å². The monoisotopic (exact) mass is 278 g/mol. The Bertz CT molecular complexity index is 570. The van der Waals surface area contributed by atoms with E-state index in [9.17, 15) is 5.11 Å². The summed E-state index contributed by atoms with van der Waals surface area (Å²) >= 11 is 1.61. The highest BCUT2D eigenvalue weighted by Gasteiger charge is 2.23. The zero-order valence-corrected chi connectivity index (χ0v) is 11.7. The number of methoxy groups -OCH3 is 1. The smallest absolute Gasteiger partial charge is 0.184 e. The van der Waals surface area contributed by atoms with Crippen molar-refractivity contribution in [2.24, 2.45) is 0 Å². The summed E-state index contributed by atoms with van der Waals surface area (Å²) in [5, 5.41) is 14.2. The molecule has 1 heterocycles. The molecular weight excluding hydrogens is 260 g/mol. The van der Waals surface area contributed by atoms with Crippen LogP contribution >= 0.6 is 11.3 Å². The second-order valence-corrected chi connectivity index (χ2v) is 5.99. The first-order valence-electron chi connectivity index (χ1n) is 6.65. The van der Waals surface area contributed by atoms with Gasteiger partial charge in [0.05, 0.1) is 29.5 Å². The highest BCUT2D eigenvalue weighted by molar-refractivity contribution is 7.22. The number of nitrogens with zero attached hydrogens (tertiary/aromatic N) is 1. The number of ether oxygens (including phenoxy) is 1. The fourth-order valence-corrected chi connectivity index (χ4v) is 3.49. The predicted molar refractivity (Wildman–Crippen MR) is 78.1 cm³/mol. The number of thiazole rings is 1. The molecule has 1 fully saturated rings. The van der Waals surface area contributed by atoms with Gasteiger partial charge in [-0.05, 0) is 31.0 Å². The third-order valence-corrected chi connectivity index (χ3v) is 4.58. The molecule has 0 amide bonds. The summed E-state index contributed by atoms with van der Waals surface area (Å²) in [5.74, 6) is 0.848. The molecular formula is C14H18N2O2S. The number of aromatic nitrogens is 1. The van der Waals surface area contributed by atoms with Crippen LogP contribution in [0.2, 0.25) is 0 Å². The normalized spacial score (nSPS) is 23.5. The first kappa shape index (κ1) is 12.7. The molecule has 1 saturated carbocycles. The van der Waals surface area contributed by atoms with Gasteiger partial charge in [-0.25, -0.2) is 4.98 Å². The van der Waals surface area contributed by atoms with Crippen LogP contribution in [0.5, 0.6) is 5.75 Å². The summed E-state index contributed by atoms with van der Waals surface area (Å²) in [5.41, 5.74) is 0.971. The van der Waals surface area contributed by atoms with Crippen LogP contribution in [0, 0.1) is 0 Å². The van der Waals surface area contributed by atoms with Gasteiger partial charge < -0.3 is 15.2 Å². The zero-order valence-electron chi connectivity index (χ0n) is 10.9. The molecule has 0 aliphatic heterocycles. The van der Waals surface area contributed by atoms with Crippen LogP contribution in [0.1, 0.15) is 25.7 Å². The topological polar surface area (TPSA) is 54.4 Å². The van der Waals surface area contributed by atoms with E-state index in [2.05, 4.69) is 10.3 Å². The maximum Gasteiger partial charge on any atom is 0.184 e. The lowest BCUT2D eigenvalue weighted by Gasteiger charge is -2.27. The lowest BCUT2D eigenvalue weighted by atomic mass is 9.93. The van der Waals surface area contributed by atoms with Crippen molar-refractivity contribution in [3.63, 3.8) is 0 Å². The highest BCUT2D eigenvalue weighted by atomic mass is 32.1. The summed E-state index contributed by atoms with van der Waals surface area (Å²) in [6.45, 7) is 0. The van der Waals surface area contributed by atoms with E-state index in [-0.39, 0.29) is 12.1 Å². The molecule has 1 aromatic heterocycles. The van der Waals surface area contributed by atoms with Crippen LogP contribution < -0.4 is 10.1 Å². The maximum atomic E-state index is 9.98. The van der Waals surface area contributed by atoms with Gasteiger partial charge in [-0.15, -0.1) is 0 Å². The van der Waals surface area contributed by atoms with Crippen molar-refractivity contribution in [2.75, 3.05) is 12.4 Å². The number of aliphatic hydroxyl groups is 1. The molecule has 4 nitrogen and oxygen atoms in total. The minimum absolute atomic E-state index is 0.135. The molecule has 1 aliphatic rings. The molecule has 2 aromatic rings. The summed E-state index contributed by atoms with van der Waals surface area (Å²) in [6.07, 6.45) is 3.94. The van der Waals surface area contributed by atoms with Gasteiger partial charge in [0.25, 0.3) is 0 Å². The van der Waals surface area contributed by atoms with Crippen LogP contribution in [-0.2, 0) is 0 Å². The number of nitrogens with one attached hydrogen (secondary N) is 1. The average Bonchev–Trinajstić information content (AvgIpc) is 2.82. The Hall–Kier alpha value is -1.33. The quantitative estimate of drug-likeness (QED) is 0.906. The Labute approximate surface area is 116 Å². The third kappa shape index (κ3) is 2.67. The molecule has 19 heavy (non-hydrogen) atoms. The van der Waals surface area contributed by atoms with Crippen molar-refractivity contribution in [1.82, 2.24) is 4.98 Å². The molecule has 2 atom stereocenters. The van der Waals surface area contributed by atoms with E-state index in [0.717, 1.165) is 40.4 Å². The van der Waals surface area contributed by atoms with Crippen molar-refractivity contribution in [2.45, 2.75) is 37.8 Å². The van der Waals surface area contributed by atoms with E-state index in [1.807, 2.05) is 18.2 Å². The minimum atomic E-state index is -0.254. The largest absolute Gasteiger partial charge is 0.497 e. The second kappa shape index (κ2) is 5.35. The molecule has 0 unspecified atom stereocenters. The molecule has 5 heteroatoms. The Kier molecular flexibility index (Phi) is 3.57. The van der Waals surface area contributed by atoms with Gasteiger partial charge in [0.2, 0.25) is 0 Å². The SMILES string of the molecule is COc1ccc2nc(N[C@@H]3CCCC[C@H]3O)sc2c1. The van der Waals surface area contributed by atoms with Gasteiger partial charge in [-0.2, -0.15) is 0 Å². The highest BCUT2D eigenvalue weighted by Crippen LogP contribution is 2.31. The molecule has 1 aromatic carbocycles. The van der Waals surface area contributed by atoms with Gasteiger partial charge in [0.1, 0.15) is 5.75 Å². The maximum absolute atomic E-state index is 9.98. The second-order valence-electron chi connectivity index (χ2n) is 4.96. The Morgan fingerprint density at radius 3 is 3.00 bits per heavy atom. The molecule has 0 spiro atoms. The van der Waals surface area contributed by atoms with Gasteiger partial charge in [0.15, 0.2) is 5.13 Å². The van der Waals surface area contributed by atoms with Crippen molar-refractivity contribution in [3.8, 4) is 5.75 Å². The van der Waals surface area contributed by atoms with Crippen molar-refractivity contribution < 1.29 is 9.84 Å². The molecule has 102 valence electrons. The summed E-state index contributed by atoms with van der Waals surface area (Å²) in [6, 6.07) is 6.01. The molecule has 2 N–H and O–H groups in total. The molecule has 0 radical (unpaired) electrons. The fraction of sp³-hybridized carbons (Fsp3) is 0.500. The number of aliphatic hydroxyl groups excluding tert-OH is 1. The summed E-state index contributed by atoms with van der Waals surface area (Å²) < 4.78 is 6.32. The zero-order chi connectivity index (χ0) is 13.2. The number of hydrogen-bond donors (Lipinski definition) is 2. The van der Waals surface area contributed by atoms with Crippen molar-refractivity contribution in [3.05, 3.63) is 18.2 Å². The van der Waals surface area contributed by atoms with Crippen molar-refractivity contribution >= 4 is 26.7 Å². The standard InChI is InChI=1S/C14H18N2O2S/c1-18-9-6-7-11-13(8-9)19-14(16-11)15-10-4-2-3-5-12(10)17/h6-8,10,12,17H,2-5H2,1H3,(H,15,16)/t10-,12-/m1/s1. The fourth-order valence-electron chi connectivity index (χ4n) is 2.53. The first-order chi connectivity index (χ1) is 9.26. The van der Waals surface area contributed by atoms with E-state index in [1.165, 1.54) is 6.42 Å². The molecule has 3 rings (SSSR count). The number of fused-ring (bicyclic) bond motifs is 1. The minimum Gasteiger partial charge on any atom is -0.497 e. The number of rotatable bonds is 3.